The Hall–Kier alpha value is -3.16. The molecule has 36 heavy (non-hydrogen) atoms. The first-order valence-corrected chi connectivity index (χ1v) is 12.8. The molecule has 0 saturated carbocycles. The molecule has 7 nitrogen and oxygen atoms in total. The lowest BCUT2D eigenvalue weighted by Gasteiger charge is -2.38. The van der Waals surface area contributed by atoms with Gasteiger partial charge in [-0.25, -0.2) is 0 Å². The van der Waals surface area contributed by atoms with Crippen molar-refractivity contribution in [1.82, 2.24) is 9.80 Å². The molecule has 2 saturated heterocycles. The summed E-state index contributed by atoms with van der Waals surface area (Å²) in [6.45, 7) is 2.44. The fourth-order valence-corrected chi connectivity index (χ4v) is 5.58. The first-order valence-electron chi connectivity index (χ1n) is 12.8. The summed E-state index contributed by atoms with van der Waals surface area (Å²) in [7, 11) is 1.51. The molecule has 1 atom stereocenters. The zero-order valence-electron chi connectivity index (χ0n) is 20.8. The summed E-state index contributed by atoms with van der Waals surface area (Å²) in [4.78, 5) is 29.0. The molecule has 0 bridgehead atoms. The van der Waals surface area contributed by atoms with Gasteiger partial charge < -0.3 is 24.1 Å². The number of amides is 2. The van der Waals surface area contributed by atoms with E-state index in [4.69, 9.17) is 9.15 Å². The molecule has 2 aromatic carbocycles. The summed E-state index contributed by atoms with van der Waals surface area (Å²) in [5.41, 5.74) is 1.75. The molecule has 5 rings (SSSR count). The fraction of sp³-hybridized carbons (Fsp3) is 0.448. The molecule has 0 unspecified atom stereocenters. The number of hydrogen-bond acceptors (Lipinski definition) is 5. The first-order chi connectivity index (χ1) is 17.5. The minimum absolute atomic E-state index is 0.0557. The topological polar surface area (TPSA) is 83.2 Å². The van der Waals surface area contributed by atoms with Gasteiger partial charge in [-0.1, -0.05) is 36.4 Å². The number of rotatable bonds is 5. The Kier molecular flexibility index (Phi) is 7.12. The summed E-state index contributed by atoms with van der Waals surface area (Å²) >= 11 is 0. The van der Waals surface area contributed by atoms with E-state index in [1.165, 1.54) is 12.7 Å². The molecule has 0 aliphatic carbocycles. The van der Waals surface area contributed by atoms with Gasteiger partial charge in [-0.3, -0.25) is 9.59 Å². The van der Waals surface area contributed by atoms with E-state index in [9.17, 15) is 14.7 Å². The number of piperidine rings is 1. The van der Waals surface area contributed by atoms with E-state index in [-0.39, 0.29) is 18.4 Å². The van der Waals surface area contributed by atoms with Gasteiger partial charge in [0.2, 0.25) is 5.91 Å². The maximum atomic E-state index is 13.3. The standard InChI is InChI=1S/C29H34N2O5/c1-35-20-27(32)30-16-12-29(34,13-17-30)24-9-10-25-23(18-24)19-26(36-25)28(33)31-14-5-8-22(11-15-31)21-6-3-2-4-7-21/h2-4,6-7,9-10,18-19,22,34H,5,8,11-17,20H2,1H3/t22-/m1/s1. The Morgan fingerprint density at radius 2 is 1.78 bits per heavy atom. The molecule has 0 radical (unpaired) electrons. The van der Waals surface area contributed by atoms with Crippen molar-refractivity contribution in [2.45, 2.75) is 43.6 Å². The number of furan rings is 1. The molecule has 2 fully saturated rings. The maximum absolute atomic E-state index is 13.3. The lowest BCUT2D eigenvalue weighted by Crippen LogP contribution is -2.46. The Morgan fingerprint density at radius 1 is 1.00 bits per heavy atom. The number of carbonyl (C=O) groups is 2. The molecule has 2 amide bonds. The van der Waals surface area contributed by atoms with Gasteiger partial charge in [-0.2, -0.15) is 0 Å². The molecule has 3 aromatic rings. The molecule has 3 heterocycles. The number of hydrogen-bond donors (Lipinski definition) is 1. The smallest absolute Gasteiger partial charge is 0.289 e. The van der Waals surface area contributed by atoms with Gasteiger partial charge in [0, 0.05) is 38.7 Å². The van der Waals surface area contributed by atoms with Gasteiger partial charge in [0.1, 0.15) is 12.2 Å². The third-order valence-electron chi connectivity index (χ3n) is 7.76. The molecule has 7 heteroatoms. The van der Waals surface area contributed by atoms with E-state index in [1.54, 1.807) is 11.0 Å². The number of likely N-dealkylation sites (tertiary alicyclic amines) is 2. The molecular weight excluding hydrogens is 456 g/mol. The highest BCUT2D eigenvalue weighted by Gasteiger charge is 2.36. The molecule has 2 aliphatic rings. The third-order valence-corrected chi connectivity index (χ3v) is 7.76. The van der Waals surface area contributed by atoms with E-state index < -0.39 is 5.60 Å². The van der Waals surface area contributed by atoms with Gasteiger partial charge in [-0.05, 0) is 67.3 Å². The zero-order chi connectivity index (χ0) is 25.1. The summed E-state index contributed by atoms with van der Waals surface area (Å²) in [5, 5.41) is 12.1. The van der Waals surface area contributed by atoms with Crippen LogP contribution in [0.1, 0.15) is 59.7 Å². The van der Waals surface area contributed by atoms with E-state index in [0.717, 1.165) is 36.8 Å². The van der Waals surface area contributed by atoms with Crippen LogP contribution in [0.2, 0.25) is 0 Å². The second-order valence-electron chi connectivity index (χ2n) is 10.0. The Morgan fingerprint density at radius 3 is 2.53 bits per heavy atom. The van der Waals surface area contributed by atoms with Crippen molar-refractivity contribution in [2.75, 3.05) is 39.9 Å². The van der Waals surface area contributed by atoms with Crippen LogP contribution in [-0.2, 0) is 15.1 Å². The van der Waals surface area contributed by atoms with Crippen molar-refractivity contribution < 1.29 is 23.8 Å². The number of fused-ring (bicyclic) bond motifs is 1. The fourth-order valence-electron chi connectivity index (χ4n) is 5.58. The van der Waals surface area contributed by atoms with Crippen LogP contribution >= 0.6 is 0 Å². The number of aliphatic hydroxyl groups is 1. The number of ether oxygens (including phenoxy) is 1. The molecule has 190 valence electrons. The number of methoxy groups -OCH3 is 1. The van der Waals surface area contributed by atoms with Gasteiger partial charge >= 0.3 is 0 Å². The third kappa shape index (κ3) is 5.04. The Bertz CT molecular complexity index is 1210. The molecule has 1 aromatic heterocycles. The average molecular weight is 491 g/mol. The van der Waals surface area contributed by atoms with E-state index >= 15 is 0 Å². The summed E-state index contributed by atoms with van der Waals surface area (Å²) in [6, 6.07) is 17.9. The second-order valence-corrected chi connectivity index (χ2v) is 10.0. The first kappa shape index (κ1) is 24.5. The summed E-state index contributed by atoms with van der Waals surface area (Å²) < 4.78 is 10.9. The van der Waals surface area contributed by atoms with Crippen LogP contribution in [0, 0.1) is 0 Å². The van der Waals surface area contributed by atoms with Crippen LogP contribution in [0.5, 0.6) is 0 Å². The summed E-state index contributed by atoms with van der Waals surface area (Å²) in [5.74, 6) is 0.674. The van der Waals surface area contributed by atoms with Crippen molar-refractivity contribution in [3.8, 4) is 0 Å². The Balaban J connectivity index is 1.27. The van der Waals surface area contributed by atoms with Crippen molar-refractivity contribution in [3.63, 3.8) is 0 Å². The minimum Gasteiger partial charge on any atom is -0.451 e. The highest BCUT2D eigenvalue weighted by Crippen LogP contribution is 2.35. The quantitative estimate of drug-likeness (QED) is 0.577. The average Bonchev–Trinajstić information content (AvgIpc) is 3.18. The SMILES string of the molecule is COCC(=O)N1CCC(O)(c2ccc3oc(C(=O)N4CCC[C@@H](c5ccccc5)CC4)cc3c2)CC1. The number of nitrogens with zero attached hydrogens (tertiary/aromatic N) is 2. The van der Waals surface area contributed by atoms with Crippen LogP contribution < -0.4 is 0 Å². The van der Waals surface area contributed by atoms with Crippen molar-refractivity contribution >= 4 is 22.8 Å². The summed E-state index contributed by atoms with van der Waals surface area (Å²) in [6.07, 6.45) is 3.88. The van der Waals surface area contributed by atoms with E-state index in [1.807, 2.05) is 29.2 Å². The van der Waals surface area contributed by atoms with Crippen LogP contribution in [0.15, 0.2) is 59.0 Å². The van der Waals surface area contributed by atoms with Gasteiger partial charge in [0.05, 0.1) is 5.60 Å². The Labute approximate surface area is 211 Å². The highest BCUT2D eigenvalue weighted by atomic mass is 16.5. The van der Waals surface area contributed by atoms with E-state index in [2.05, 4.69) is 24.3 Å². The normalized spacial score (nSPS) is 20.3. The maximum Gasteiger partial charge on any atom is 0.289 e. The monoisotopic (exact) mass is 490 g/mol. The zero-order valence-corrected chi connectivity index (χ0v) is 20.8. The lowest BCUT2D eigenvalue weighted by atomic mass is 9.84. The van der Waals surface area contributed by atoms with Crippen molar-refractivity contribution in [3.05, 3.63) is 71.5 Å². The molecule has 1 N–H and O–H groups in total. The van der Waals surface area contributed by atoms with Crippen molar-refractivity contribution in [1.29, 1.82) is 0 Å². The van der Waals surface area contributed by atoms with Gasteiger partial charge in [0.25, 0.3) is 5.91 Å². The van der Waals surface area contributed by atoms with Crippen molar-refractivity contribution in [2.24, 2.45) is 0 Å². The minimum atomic E-state index is -1.02. The van der Waals surface area contributed by atoms with Gasteiger partial charge in [0.15, 0.2) is 5.76 Å². The lowest BCUT2D eigenvalue weighted by molar-refractivity contribution is -0.139. The largest absolute Gasteiger partial charge is 0.451 e. The number of benzene rings is 2. The van der Waals surface area contributed by atoms with Crippen LogP contribution in [0.25, 0.3) is 11.0 Å². The van der Waals surface area contributed by atoms with E-state index in [0.29, 0.717) is 49.7 Å². The van der Waals surface area contributed by atoms with Gasteiger partial charge in [-0.15, -0.1) is 0 Å². The predicted octanol–water partition coefficient (Wildman–Crippen LogP) is 4.30. The number of carbonyl (C=O) groups excluding carboxylic acids is 2. The van der Waals surface area contributed by atoms with Crippen LogP contribution in [-0.4, -0.2) is 66.6 Å². The highest BCUT2D eigenvalue weighted by molar-refractivity contribution is 5.96. The second kappa shape index (κ2) is 10.4. The van der Waals surface area contributed by atoms with Crippen LogP contribution in [0.4, 0.5) is 0 Å². The predicted molar refractivity (Wildman–Crippen MR) is 137 cm³/mol. The molecule has 2 aliphatic heterocycles. The van der Waals surface area contributed by atoms with Crippen LogP contribution in [0.3, 0.4) is 0 Å². The molecule has 0 spiro atoms. The molecular formula is C29H34N2O5.